The van der Waals surface area contributed by atoms with Gasteiger partial charge in [0, 0.05) is 31.7 Å². The second-order valence-electron chi connectivity index (χ2n) is 5.58. The molecule has 0 aromatic rings. The van der Waals surface area contributed by atoms with Crippen LogP contribution in [-0.2, 0) is 0 Å². The fraction of sp³-hybridized carbons (Fsp3) is 1.00. The zero-order valence-corrected chi connectivity index (χ0v) is 10.00. The molecule has 2 fully saturated rings. The average Bonchev–Trinajstić information content (AvgIpc) is 2.17. The molecule has 0 amide bonds. The molecule has 1 saturated carbocycles. The van der Waals surface area contributed by atoms with Gasteiger partial charge in [-0.05, 0) is 39.5 Å². The van der Waals surface area contributed by atoms with Crippen LogP contribution in [0.1, 0.15) is 39.5 Å². The summed E-state index contributed by atoms with van der Waals surface area (Å²) in [7, 11) is 0. The predicted octanol–water partition coefficient (Wildman–Crippen LogP) is 0.974. The van der Waals surface area contributed by atoms with Crippen LogP contribution in [0.4, 0.5) is 0 Å². The quantitative estimate of drug-likeness (QED) is 0.680. The second-order valence-corrected chi connectivity index (χ2v) is 5.58. The summed E-state index contributed by atoms with van der Waals surface area (Å²) in [5, 5.41) is 13.4. The van der Waals surface area contributed by atoms with Gasteiger partial charge in [0.15, 0.2) is 0 Å². The summed E-state index contributed by atoms with van der Waals surface area (Å²) < 4.78 is 0. The minimum atomic E-state index is -0.393. The molecule has 1 atom stereocenters. The smallest absolute Gasteiger partial charge is 0.0621 e. The van der Waals surface area contributed by atoms with Crippen molar-refractivity contribution in [1.82, 2.24) is 10.2 Å². The Morgan fingerprint density at radius 3 is 2.60 bits per heavy atom. The van der Waals surface area contributed by atoms with Crippen LogP contribution in [0, 0.1) is 0 Å². The Balaban J connectivity index is 1.84. The van der Waals surface area contributed by atoms with Crippen molar-refractivity contribution in [2.45, 2.75) is 57.2 Å². The first-order valence-electron chi connectivity index (χ1n) is 6.27. The van der Waals surface area contributed by atoms with Crippen LogP contribution in [-0.4, -0.2) is 47.3 Å². The Morgan fingerprint density at radius 2 is 2.00 bits per heavy atom. The number of aliphatic hydroxyl groups is 1. The van der Waals surface area contributed by atoms with Gasteiger partial charge in [-0.3, -0.25) is 4.90 Å². The molecule has 3 heteroatoms. The summed E-state index contributed by atoms with van der Waals surface area (Å²) in [4.78, 5) is 2.61. The summed E-state index contributed by atoms with van der Waals surface area (Å²) in [6.45, 7) is 7.70. The Kier molecular flexibility index (Phi) is 3.33. The van der Waals surface area contributed by atoms with Gasteiger partial charge in [-0.1, -0.05) is 0 Å². The third-order valence-corrected chi connectivity index (χ3v) is 3.95. The lowest BCUT2D eigenvalue weighted by molar-refractivity contribution is -0.00931. The minimum absolute atomic E-state index is 0.393. The van der Waals surface area contributed by atoms with Gasteiger partial charge in [-0.15, -0.1) is 0 Å². The van der Waals surface area contributed by atoms with Crippen LogP contribution in [0.3, 0.4) is 0 Å². The van der Waals surface area contributed by atoms with E-state index in [1.807, 2.05) is 6.92 Å². The predicted molar refractivity (Wildman–Crippen MR) is 61.9 cm³/mol. The second kappa shape index (κ2) is 4.40. The monoisotopic (exact) mass is 212 g/mol. The molecule has 1 aliphatic carbocycles. The van der Waals surface area contributed by atoms with Gasteiger partial charge in [0.2, 0.25) is 0 Å². The fourth-order valence-electron chi connectivity index (χ4n) is 2.88. The molecule has 2 rings (SSSR count). The highest BCUT2D eigenvalue weighted by molar-refractivity contribution is 4.88. The number of piperazine rings is 1. The van der Waals surface area contributed by atoms with Gasteiger partial charge in [-0.25, -0.2) is 0 Å². The van der Waals surface area contributed by atoms with E-state index in [2.05, 4.69) is 17.1 Å². The summed E-state index contributed by atoms with van der Waals surface area (Å²) >= 11 is 0. The van der Waals surface area contributed by atoms with Gasteiger partial charge in [0.1, 0.15) is 0 Å². The Morgan fingerprint density at radius 1 is 1.33 bits per heavy atom. The van der Waals surface area contributed by atoms with E-state index in [4.69, 9.17) is 0 Å². The Hall–Kier alpha value is -0.120. The minimum Gasteiger partial charge on any atom is -0.390 e. The normalized spacial score (nSPS) is 44.2. The van der Waals surface area contributed by atoms with Crippen LogP contribution >= 0.6 is 0 Å². The molecule has 2 N–H and O–H groups in total. The average molecular weight is 212 g/mol. The van der Waals surface area contributed by atoms with Gasteiger partial charge in [-0.2, -0.15) is 0 Å². The van der Waals surface area contributed by atoms with E-state index in [1.165, 1.54) is 25.9 Å². The topological polar surface area (TPSA) is 35.5 Å². The molecule has 0 aromatic heterocycles. The molecule has 1 heterocycles. The van der Waals surface area contributed by atoms with Crippen molar-refractivity contribution in [3.05, 3.63) is 0 Å². The van der Waals surface area contributed by atoms with Crippen molar-refractivity contribution < 1.29 is 5.11 Å². The summed E-state index contributed by atoms with van der Waals surface area (Å²) in [5.74, 6) is 0. The summed E-state index contributed by atoms with van der Waals surface area (Å²) in [6, 6.07) is 1.34. The highest BCUT2D eigenvalue weighted by atomic mass is 16.3. The molecular formula is C12H24N2O. The molecule has 0 unspecified atom stereocenters. The lowest BCUT2D eigenvalue weighted by Gasteiger charge is -2.42. The maximum Gasteiger partial charge on any atom is 0.0621 e. The van der Waals surface area contributed by atoms with Gasteiger partial charge >= 0.3 is 0 Å². The van der Waals surface area contributed by atoms with E-state index in [1.54, 1.807) is 0 Å². The van der Waals surface area contributed by atoms with Crippen molar-refractivity contribution in [1.29, 1.82) is 0 Å². The van der Waals surface area contributed by atoms with E-state index >= 15 is 0 Å². The number of nitrogens with one attached hydrogen (secondary N) is 1. The summed E-state index contributed by atoms with van der Waals surface area (Å²) in [5.41, 5.74) is -0.393. The maximum absolute atomic E-state index is 9.91. The van der Waals surface area contributed by atoms with Crippen LogP contribution in [0.15, 0.2) is 0 Å². The number of hydrogen-bond acceptors (Lipinski definition) is 3. The highest BCUT2D eigenvalue weighted by Gasteiger charge is 2.32. The standard InChI is InChI=1S/C12H24N2O/c1-10-9-14(8-7-13-10)11-3-5-12(2,15)6-4-11/h10-11,13,15H,3-9H2,1-2H3/t10-,11?,12?/m1/s1. The molecule has 0 spiro atoms. The lowest BCUT2D eigenvalue weighted by atomic mass is 9.83. The zero-order valence-electron chi connectivity index (χ0n) is 10.00. The maximum atomic E-state index is 9.91. The largest absolute Gasteiger partial charge is 0.390 e. The van der Waals surface area contributed by atoms with Crippen molar-refractivity contribution in [3.8, 4) is 0 Å². The number of hydrogen-bond donors (Lipinski definition) is 2. The first kappa shape index (κ1) is 11.4. The van der Waals surface area contributed by atoms with Crippen molar-refractivity contribution in [2.75, 3.05) is 19.6 Å². The van der Waals surface area contributed by atoms with E-state index in [0.717, 1.165) is 25.4 Å². The molecular weight excluding hydrogens is 188 g/mol. The first-order valence-corrected chi connectivity index (χ1v) is 6.27. The molecule has 0 aromatic carbocycles. The highest BCUT2D eigenvalue weighted by Crippen LogP contribution is 2.30. The molecule has 2 aliphatic rings. The number of nitrogens with zero attached hydrogens (tertiary/aromatic N) is 1. The third kappa shape index (κ3) is 2.92. The van der Waals surface area contributed by atoms with Crippen molar-refractivity contribution >= 4 is 0 Å². The Bertz CT molecular complexity index is 208. The van der Waals surface area contributed by atoms with Crippen LogP contribution < -0.4 is 5.32 Å². The van der Waals surface area contributed by atoms with E-state index in [-0.39, 0.29) is 0 Å². The molecule has 0 radical (unpaired) electrons. The van der Waals surface area contributed by atoms with E-state index in [0.29, 0.717) is 6.04 Å². The van der Waals surface area contributed by atoms with E-state index < -0.39 is 5.60 Å². The van der Waals surface area contributed by atoms with Gasteiger partial charge in [0.05, 0.1) is 5.60 Å². The zero-order chi connectivity index (χ0) is 10.9. The first-order chi connectivity index (χ1) is 7.07. The molecule has 1 aliphatic heterocycles. The number of rotatable bonds is 1. The third-order valence-electron chi connectivity index (χ3n) is 3.95. The lowest BCUT2D eigenvalue weighted by Crippen LogP contribution is -2.54. The SMILES string of the molecule is C[C@@H]1CN(C2CCC(C)(O)CC2)CCN1. The molecule has 1 saturated heterocycles. The van der Waals surface area contributed by atoms with E-state index in [9.17, 15) is 5.11 Å². The molecule has 15 heavy (non-hydrogen) atoms. The van der Waals surface area contributed by atoms with Crippen molar-refractivity contribution in [2.24, 2.45) is 0 Å². The van der Waals surface area contributed by atoms with Crippen LogP contribution in [0.5, 0.6) is 0 Å². The van der Waals surface area contributed by atoms with Gasteiger partial charge in [0.25, 0.3) is 0 Å². The van der Waals surface area contributed by atoms with Gasteiger partial charge < -0.3 is 10.4 Å². The molecule has 3 nitrogen and oxygen atoms in total. The fourth-order valence-corrected chi connectivity index (χ4v) is 2.88. The summed E-state index contributed by atoms with van der Waals surface area (Å²) in [6.07, 6.45) is 4.27. The van der Waals surface area contributed by atoms with Crippen LogP contribution in [0.25, 0.3) is 0 Å². The molecule has 88 valence electrons. The van der Waals surface area contributed by atoms with Crippen LogP contribution in [0.2, 0.25) is 0 Å². The van der Waals surface area contributed by atoms with Crippen molar-refractivity contribution in [3.63, 3.8) is 0 Å². The molecule has 0 bridgehead atoms. The Labute approximate surface area is 92.8 Å².